The average Bonchev–Trinajstić information content (AvgIpc) is 2.82. The van der Waals surface area contributed by atoms with Gasteiger partial charge in [0.1, 0.15) is 0 Å². The van der Waals surface area contributed by atoms with Gasteiger partial charge in [-0.05, 0) is 32.1 Å². The SMILES string of the molecule is CCCCCCCC/C=C/CC/C=C/C(O)C(CS(=O)(=O)O)NC(=O)CCCCCCCCCCC. The van der Waals surface area contributed by atoms with Crippen molar-refractivity contribution in [3.05, 3.63) is 24.3 Å². The molecule has 0 saturated heterocycles. The molecule has 212 valence electrons. The van der Waals surface area contributed by atoms with Gasteiger partial charge in [0.25, 0.3) is 10.1 Å². The molecule has 3 N–H and O–H groups in total. The lowest BCUT2D eigenvalue weighted by atomic mass is 10.1. The summed E-state index contributed by atoms with van der Waals surface area (Å²) >= 11 is 0. The molecule has 2 unspecified atom stereocenters. The van der Waals surface area contributed by atoms with Crippen molar-refractivity contribution in [1.82, 2.24) is 5.32 Å². The Labute approximate surface area is 222 Å². The smallest absolute Gasteiger partial charge is 0.267 e. The van der Waals surface area contributed by atoms with E-state index in [2.05, 4.69) is 31.3 Å². The van der Waals surface area contributed by atoms with Crippen LogP contribution in [0.2, 0.25) is 0 Å². The first-order valence-corrected chi connectivity index (χ1v) is 16.1. The molecule has 0 heterocycles. The summed E-state index contributed by atoms with van der Waals surface area (Å²) in [4.78, 5) is 12.3. The number of hydrogen-bond acceptors (Lipinski definition) is 4. The number of nitrogens with one attached hydrogen (secondary N) is 1. The van der Waals surface area contributed by atoms with Gasteiger partial charge in [0.15, 0.2) is 0 Å². The maximum atomic E-state index is 12.3. The molecule has 0 aliphatic rings. The number of rotatable bonds is 25. The predicted molar refractivity (Wildman–Crippen MR) is 152 cm³/mol. The third-order valence-electron chi connectivity index (χ3n) is 6.38. The van der Waals surface area contributed by atoms with Crippen molar-refractivity contribution < 1.29 is 22.9 Å². The molecule has 0 rings (SSSR count). The first-order valence-electron chi connectivity index (χ1n) is 14.5. The molecule has 7 heteroatoms. The van der Waals surface area contributed by atoms with E-state index in [-0.39, 0.29) is 12.3 Å². The molecule has 0 spiro atoms. The van der Waals surface area contributed by atoms with Gasteiger partial charge in [-0.3, -0.25) is 9.35 Å². The van der Waals surface area contributed by atoms with Crippen molar-refractivity contribution in [1.29, 1.82) is 0 Å². The molecule has 0 aromatic heterocycles. The van der Waals surface area contributed by atoms with Crippen LogP contribution in [0.4, 0.5) is 0 Å². The van der Waals surface area contributed by atoms with Crippen LogP contribution in [0.25, 0.3) is 0 Å². The fraction of sp³-hybridized carbons (Fsp3) is 0.828. The molecule has 0 aliphatic carbocycles. The molecule has 1 amide bonds. The van der Waals surface area contributed by atoms with Crippen LogP contribution in [-0.4, -0.2) is 41.9 Å². The quantitative estimate of drug-likeness (QED) is 0.0654. The maximum absolute atomic E-state index is 12.3. The number of unbranched alkanes of at least 4 members (excludes halogenated alkanes) is 15. The molecule has 6 nitrogen and oxygen atoms in total. The van der Waals surface area contributed by atoms with Crippen molar-refractivity contribution in [3.63, 3.8) is 0 Å². The lowest BCUT2D eigenvalue weighted by Gasteiger charge is -2.21. The number of aliphatic hydroxyl groups is 1. The van der Waals surface area contributed by atoms with Gasteiger partial charge in [0, 0.05) is 6.42 Å². The maximum Gasteiger partial charge on any atom is 0.267 e. The van der Waals surface area contributed by atoms with Crippen LogP contribution < -0.4 is 5.32 Å². The highest BCUT2D eigenvalue weighted by atomic mass is 32.2. The Balaban J connectivity index is 4.21. The monoisotopic (exact) mass is 529 g/mol. The zero-order valence-electron chi connectivity index (χ0n) is 23.1. The second-order valence-corrected chi connectivity index (χ2v) is 11.5. The number of allylic oxidation sites excluding steroid dienone is 3. The highest BCUT2D eigenvalue weighted by molar-refractivity contribution is 7.85. The third-order valence-corrected chi connectivity index (χ3v) is 7.16. The standard InChI is InChI=1S/C29H55NO5S/c1-3-5-7-9-11-13-14-15-17-18-20-22-24-28(31)27(26-36(33,34)35)30-29(32)25-23-21-19-16-12-10-8-6-4-2/h15,17,22,24,27-28,31H,3-14,16,18-21,23,25-26H2,1-2H3,(H,30,32)(H,33,34,35)/b17-15+,24-22+. The molecule has 0 aromatic carbocycles. The second kappa shape index (κ2) is 24.2. The Kier molecular flexibility index (Phi) is 23.4. The molecule has 0 saturated carbocycles. The van der Waals surface area contributed by atoms with E-state index in [0.29, 0.717) is 0 Å². The Hall–Kier alpha value is -1.18. The molecular weight excluding hydrogens is 474 g/mol. The Morgan fingerprint density at radius 1 is 0.722 bits per heavy atom. The van der Waals surface area contributed by atoms with E-state index in [1.807, 2.05) is 0 Å². The first kappa shape index (κ1) is 34.8. The predicted octanol–water partition coefficient (Wildman–Crippen LogP) is 7.28. The molecule has 0 aliphatic heterocycles. The summed E-state index contributed by atoms with van der Waals surface area (Å²) < 4.78 is 32.0. The largest absolute Gasteiger partial charge is 0.387 e. The van der Waals surface area contributed by atoms with Gasteiger partial charge < -0.3 is 10.4 Å². The minimum absolute atomic E-state index is 0.289. The van der Waals surface area contributed by atoms with Crippen molar-refractivity contribution in [2.75, 3.05) is 5.75 Å². The molecular formula is C29H55NO5S. The van der Waals surface area contributed by atoms with Crippen LogP contribution >= 0.6 is 0 Å². The minimum Gasteiger partial charge on any atom is -0.387 e. The Morgan fingerprint density at radius 2 is 1.19 bits per heavy atom. The summed E-state index contributed by atoms with van der Waals surface area (Å²) in [7, 11) is -4.33. The third kappa shape index (κ3) is 24.5. The van der Waals surface area contributed by atoms with Crippen molar-refractivity contribution in [3.8, 4) is 0 Å². The number of amides is 1. The average molecular weight is 530 g/mol. The van der Waals surface area contributed by atoms with Crippen LogP contribution in [-0.2, 0) is 14.9 Å². The van der Waals surface area contributed by atoms with Crippen molar-refractivity contribution >= 4 is 16.0 Å². The van der Waals surface area contributed by atoms with Crippen LogP contribution in [0.15, 0.2) is 24.3 Å². The Morgan fingerprint density at radius 3 is 1.75 bits per heavy atom. The van der Waals surface area contributed by atoms with Gasteiger partial charge in [-0.25, -0.2) is 0 Å². The van der Waals surface area contributed by atoms with Gasteiger partial charge in [-0.1, -0.05) is 122 Å². The van der Waals surface area contributed by atoms with Gasteiger partial charge >= 0.3 is 0 Å². The van der Waals surface area contributed by atoms with Gasteiger partial charge in [-0.2, -0.15) is 8.42 Å². The zero-order valence-corrected chi connectivity index (χ0v) is 24.0. The molecule has 0 aromatic rings. The number of aliphatic hydroxyl groups excluding tert-OH is 1. The van der Waals surface area contributed by atoms with Crippen LogP contribution in [0, 0.1) is 0 Å². The first-order chi connectivity index (χ1) is 17.3. The lowest BCUT2D eigenvalue weighted by Crippen LogP contribution is -2.46. The Bertz CT molecular complexity index is 675. The van der Waals surface area contributed by atoms with Crippen molar-refractivity contribution in [2.45, 2.75) is 148 Å². The van der Waals surface area contributed by atoms with E-state index in [1.165, 1.54) is 83.1 Å². The lowest BCUT2D eigenvalue weighted by molar-refractivity contribution is -0.122. The highest BCUT2D eigenvalue weighted by Crippen LogP contribution is 2.11. The molecule has 36 heavy (non-hydrogen) atoms. The van der Waals surface area contributed by atoms with Crippen LogP contribution in [0.3, 0.4) is 0 Å². The summed E-state index contributed by atoms with van der Waals surface area (Å²) in [6.07, 6.45) is 27.4. The zero-order chi connectivity index (χ0) is 26.9. The van der Waals surface area contributed by atoms with Gasteiger partial charge in [-0.15, -0.1) is 0 Å². The molecule has 0 bridgehead atoms. The summed E-state index contributed by atoms with van der Waals surface area (Å²) in [6, 6.07) is -1.06. The number of carbonyl (C=O) groups excluding carboxylic acids is 1. The molecule has 0 radical (unpaired) electrons. The fourth-order valence-corrected chi connectivity index (χ4v) is 4.90. The van der Waals surface area contributed by atoms with E-state index in [9.17, 15) is 22.9 Å². The van der Waals surface area contributed by atoms with Crippen molar-refractivity contribution in [2.24, 2.45) is 0 Å². The summed E-state index contributed by atoms with van der Waals surface area (Å²) in [5.74, 6) is -1.00. The number of hydrogen-bond donors (Lipinski definition) is 3. The van der Waals surface area contributed by atoms with E-state index in [4.69, 9.17) is 0 Å². The number of carbonyl (C=O) groups is 1. The topological polar surface area (TPSA) is 104 Å². The highest BCUT2D eigenvalue weighted by Gasteiger charge is 2.24. The van der Waals surface area contributed by atoms with Crippen LogP contribution in [0.5, 0.6) is 0 Å². The van der Waals surface area contributed by atoms with E-state index < -0.39 is 28.0 Å². The van der Waals surface area contributed by atoms with E-state index in [1.54, 1.807) is 6.08 Å². The molecule has 0 fully saturated rings. The van der Waals surface area contributed by atoms with E-state index in [0.717, 1.165) is 38.5 Å². The summed E-state index contributed by atoms with van der Waals surface area (Å²) in [6.45, 7) is 4.43. The summed E-state index contributed by atoms with van der Waals surface area (Å²) in [5.41, 5.74) is 0. The second-order valence-electron chi connectivity index (χ2n) is 10.0. The fourth-order valence-electron chi connectivity index (χ4n) is 4.17. The van der Waals surface area contributed by atoms with Crippen LogP contribution in [0.1, 0.15) is 136 Å². The van der Waals surface area contributed by atoms with E-state index >= 15 is 0 Å². The normalized spacial score (nSPS) is 14.0. The van der Waals surface area contributed by atoms with Gasteiger partial charge in [0.05, 0.1) is 17.9 Å². The molecule has 2 atom stereocenters. The van der Waals surface area contributed by atoms with Gasteiger partial charge in [0.2, 0.25) is 5.91 Å². The summed E-state index contributed by atoms with van der Waals surface area (Å²) in [5, 5.41) is 13.0. The minimum atomic E-state index is -4.33.